The summed E-state index contributed by atoms with van der Waals surface area (Å²) in [6.07, 6.45) is 1.55. The van der Waals surface area contributed by atoms with Crippen LogP contribution in [0.25, 0.3) is 5.69 Å². The Labute approximate surface area is 153 Å². The Balaban J connectivity index is 2.12. The van der Waals surface area contributed by atoms with Crippen molar-refractivity contribution in [2.45, 2.75) is 26.7 Å². The van der Waals surface area contributed by atoms with Gasteiger partial charge < -0.3 is 15.4 Å². The summed E-state index contributed by atoms with van der Waals surface area (Å²) in [5.41, 5.74) is 3.34. The van der Waals surface area contributed by atoms with E-state index < -0.39 is 0 Å². The highest BCUT2D eigenvalue weighted by Crippen LogP contribution is 2.23. The Morgan fingerprint density at radius 3 is 2.50 bits per heavy atom. The van der Waals surface area contributed by atoms with Crippen molar-refractivity contribution in [3.63, 3.8) is 0 Å². The van der Waals surface area contributed by atoms with E-state index >= 15 is 0 Å². The second-order valence-electron chi connectivity index (χ2n) is 6.37. The average Bonchev–Trinajstić information content (AvgIpc) is 3.06. The Bertz CT molecular complexity index is 751. The highest BCUT2D eigenvalue weighted by Gasteiger charge is 2.21. The van der Waals surface area contributed by atoms with Crippen LogP contribution < -0.4 is 10.6 Å². The Morgan fingerprint density at radius 2 is 1.88 bits per heavy atom. The fourth-order valence-corrected chi connectivity index (χ4v) is 2.59. The zero-order valence-corrected chi connectivity index (χ0v) is 15.7. The van der Waals surface area contributed by atoms with Crippen LogP contribution in [0.15, 0.2) is 30.5 Å². The molecular formula is C19H26N4O3. The average molecular weight is 358 g/mol. The first-order valence-corrected chi connectivity index (χ1v) is 8.62. The molecular weight excluding hydrogens is 332 g/mol. The number of nitrogens with zero attached hydrogens (tertiary/aromatic N) is 2. The Morgan fingerprint density at radius 1 is 1.19 bits per heavy atom. The molecule has 1 heterocycles. The molecule has 26 heavy (non-hydrogen) atoms. The van der Waals surface area contributed by atoms with Gasteiger partial charge in [0.1, 0.15) is 0 Å². The van der Waals surface area contributed by atoms with Crippen LogP contribution in [0.4, 0.5) is 0 Å². The van der Waals surface area contributed by atoms with Gasteiger partial charge in [0.05, 0.1) is 36.3 Å². The predicted octanol–water partition coefficient (Wildman–Crippen LogP) is 1.80. The van der Waals surface area contributed by atoms with Crippen LogP contribution in [-0.2, 0) is 9.53 Å². The molecule has 0 unspecified atom stereocenters. The fraction of sp³-hybridized carbons (Fsp3) is 0.421. The van der Waals surface area contributed by atoms with Crippen LogP contribution >= 0.6 is 0 Å². The van der Waals surface area contributed by atoms with Crippen molar-refractivity contribution >= 4 is 11.8 Å². The van der Waals surface area contributed by atoms with E-state index in [0.29, 0.717) is 18.7 Å². The van der Waals surface area contributed by atoms with Gasteiger partial charge in [-0.15, -0.1) is 0 Å². The van der Waals surface area contributed by atoms with Gasteiger partial charge in [0.2, 0.25) is 5.91 Å². The molecule has 1 aromatic heterocycles. The zero-order chi connectivity index (χ0) is 19.1. The summed E-state index contributed by atoms with van der Waals surface area (Å²) in [7, 11) is 1.56. The molecule has 0 saturated carbocycles. The van der Waals surface area contributed by atoms with Crippen molar-refractivity contribution < 1.29 is 14.3 Å². The molecule has 0 aliphatic heterocycles. The molecule has 1 aromatic carbocycles. The van der Waals surface area contributed by atoms with Gasteiger partial charge in [-0.25, -0.2) is 4.68 Å². The van der Waals surface area contributed by atoms with Crippen molar-refractivity contribution in [3.05, 3.63) is 47.3 Å². The van der Waals surface area contributed by atoms with E-state index in [1.54, 1.807) is 18.0 Å². The monoisotopic (exact) mass is 358 g/mol. The molecule has 0 atom stereocenters. The first kappa shape index (κ1) is 19.7. The quantitative estimate of drug-likeness (QED) is 0.705. The second-order valence-corrected chi connectivity index (χ2v) is 6.37. The molecule has 7 heteroatoms. The second kappa shape index (κ2) is 9.15. The van der Waals surface area contributed by atoms with Crippen LogP contribution in [0.1, 0.15) is 41.4 Å². The van der Waals surface area contributed by atoms with Gasteiger partial charge in [-0.05, 0) is 25.0 Å². The molecule has 0 spiro atoms. The van der Waals surface area contributed by atoms with Gasteiger partial charge in [0.15, 0.2) is 0 Å². The number of aryl methyl sites for hydroxylation is 1. The van der Waals surface area contributed by atoms with Gasteiger partial charge in [0.25, 0.3) is 5.91 Å². The summed E-state index contributed by atoms with van der Waals surface area (Å²) in [5, 5.41) is 9.70. The van der Waals surface area contributed by atoms with Gasteiger partial charge in [0, 0.05) is 13.7 Å². The molecule has 0 radical (unpaired) electrons. The first-order valence-electron chi connectivity index (χ1n) is 8.62. The molecule has 2 aromatic rings. The van der Waals surface area contributed by atoms with Crippen LogP contribution in [-0.4, -0.2) is 48.4 Å². The van der Waals surface area contributed by atoms with Gasteiger partial charge in [-0.2, -0.15) is 5.10 Å². The third-order valence-corrected chi connectivity index (χ3v) is 3.91. The molecule has 0 fully saturated rings. The standard InChI is InChI=1S/C19H26N4O3/c1-13(2)18-16(19(25)21-12-17(24)20-9-10-26-4)11-22-23(18)15-7-5-14(3)6-8-15/h5-8,11,13H,9-10,12H2,1-4H3,(H,20,24)(H,21,25). The van der Waals surface area contributed by atoms with Crippen LogP contribution in [0.2, 0.25) is 0 Å². The zero-order valence-electron chi connectivity index (χ0n) is 15.7. The van der Waals surface area contributed by atoms with Crippen LogP contribution in [0.3, 0.4) is 0 Å². The number of rotatable bonds is 8. The summed E-state index contributed by atoms with van der Waals surface area (Å²) < 4.78 is 6.64. The molecule has 0 aliphatic carbocycles. The summed E-state index contributed by atoms with van der Waals surface area (Å²) >= 11 is 0. The number of methoxy groups -OCH3 is 1. The molecule has 0 aliphatic rings. The van der Waals surface area contributed by atoms with E-state index in [0.717, 1.165) is 16.9 Å². The third-order valence-electron chi connectivity index (χ3n) is 3.91. The topological polar surface area (TPSA) is 85.2 Å². The number of ether oxygens (including phenoxy) is 1. The lowest BCUT2D eigenvalue weighted by Gasteiger charge is -2.13. The minimum absolute atomic E-state index is 0.0875. The number of amides is 2. The molecule has 2 rings (SSSR count). The normalized spacial score (nSPS) is 10.8. The van der Waals surface area contributed by atoms with Crippen LogP contribution in [0.5, 0.6) is 0 Å². The van der Waals surface area contributed by atoms with Crippen molar-refractivity contribution in [1.82, 2.24) is 20.4 Å². The van der Waals surface area contributed by atoms with Gasteiger partial charge in [-0.1, -0.05) is 31.5 Å². The van der Waals surface area contributed by atoms with Crippen molar-refractivity contribution in [3.8, 4) is 5.69 Å². The largest absolute Gasteiger partial charge is 0.383 e. The Hall–Kier alpha value is -2.67. The number of nitrogens with one attached hydrogen (secondary N) is 2. The number of carbonyl (C=O) groups excluding carboxylic acids is 2. The first-order chi connectivity index (χ1) is 12.4. The maximum absolute atomic E-state index is 12.5. The van der Waals surface area contributed by atoms with E-state index in [1.165, 1.54) is 0 Å². The molecule has 140 valence electrons. The molecule has 2 amide bonds. The number of carbonyl (C=O) groups is 2. The summed E-state index contributed by atoms with van der Waals surface area (Å²) in [6.45, 7) is 6.79. The molecule has 0 saturated heterocycles. The maximum atomic E-state index is 12.5. The van der Waals surface area contributed by atoms with Crippen LogP contribution in [0, 0.1) is 6.92 Å². The lowest BCUT2D eigenvalue weighted by Crippen LogP contribution is -2.38. The number of hydrogen-bond donors (Lipinski definition) is 2. The minimum atomic E-state index is -0.311. The molecule has 7 nitrogen and oxygen atoms in total. The summed E-state index contributed by atoms with van der Waals surface area (Å²) in [6, 6.07) is 7.95. The highest BCUT2D eigenvalue weighted by molar-refractivity contribution is 5.97. The van der Waals surface area contributed by atoms with E-state index in [4.69, 9.17) is 4.74 Å². The lowest BCUT2D eigenvalue weighted by molar-refractivity contribution is -0.120. The number of hydrogen-bond acceptors (Lipinski definition) is 4. The van der Waals surface area contributed by atoms with Crippen molar-refractivity contribution in [2.24, 2.45) is 0 Å². The molecule has 2 N–H and O–H groups in total. The summed E-state index contributed by atoms with van der Waals surface area (Å²) in [5.74, 6) is -0.476. The third kappa shape index (κ3) is 4.92. The van der Waals surface area contributed by atoms with E-state index in [2.05, 4.69) is 15.7 Å². The SMILES string of the molecule is COCCNC(=O)CNC(=O)c1cnn(-c2ccc(C)cc2)c1C(C)C. The van der Waals surface area contributed by atoms with Crippen molar-refractivity contribution in [1.29, 1.82) is 0 Å². The van der Waals surface area contributed by atoms with Gasteiger partial charge in [-0.3, -0.25) is 9.59 Å². The van der Waals surface area contributed by atoms with Gasteiger partial charge >= 0.3 is 0 Å². The highest BCUT2D eigenvalue weighted by atomic mass is 16.5. The van der Waals surface area contributed by atoms with E-state index in [9.17, 15) is 9.59 Å². The minimum Gasteiger partial charge on any atom is -0.383 e. The fourth-order valence-electron chi connectivity index (χ4n) is 2.59. The lowest BCUT2D eigenvalue weighted by atomic mass is 10.0. The maximum Gasteiger partial charge on any atom is 0.255 e. The smallest absolute Gasteiger partial charge is 0.255 e. The Kier molecular flexibility index (Phi) is 6.91. The predicted molar refractivity (Wildman–Crippen MR) is 99.6 cm³/mol. The van der Waals surface area contributed by atoms with Crippen molar-refractivity contribution in [2.75, 3.05) is 26.8 Å². The van der Waals surface area contributed by atoms with E-state index in [-0.39, 0.29) is 24.3 Å². The summed E-state index contributed by atoms with van der Waals surface area (Å²) in [4.78, 5) is 24.3. The molecule has 0 bridgehead atoms. The number of benzene rings is 1. The number of aromatic nitrogens is 2. The van der Waals surface area contributed by atoms with E-state index in [1.807, 2.05) is 45.0 Å².